The quantitative estimate of drug-likeness (QED) is 0.179. The van der Waals surface area contributed by atoms with Gasteiger partial charge in [-0.25, -0.2) is 4.98 Å². The number of pyridine rings is 2. The van der Waals surface area contributed by atoms with E-state index < -0.39 is 0 Å². The fourth-order valence-electron chi connectivity index (χ4n) is 8.88. The Hall–Kier alpha value is -6.26. The molecular weight excluding hydrogens is 597 g/mol. The molecule has 11 rings (SSSR count). The van der Waals surface area contributed by atoms with E-state index in [2.05, 4.69) is 156 Å². The summed E-state index contributed by atoms with van der Waals surface area (Å²) in [6.45, 7) is 4.80. The summed E-state index contributed by atoms with van der Waals surface area (Å²) < 4.78 is 4.92. The van der Waals surface area contributed by atoms with Crippen LogP contribution in [0.4, 0.5) is 0 Å². The van der Waals surface area contributed by atoms with Crippen LogP contribution in [-0.4, -0.2) is 19.1 Å². The molecule has 0 saturated heterocycles. The van der Waals surface area contributed by atoms with E-state index in [4.69, 9.17) is 9.97 Å². The van der Waals surface area contributed by atoms with Crippen molar-refractivity contribution >= 4 is 65.4 Å². The molecule has 230 valence electrons. The minimum Gasteiger partial charge on any atom is -0.309 e. The maximum Gasteiger partial charge on any atom is 0.138 e. The molecule has 0 saturated carbocycles. The first-order chi connectivity index (χ1) is 24.1. The summed E-state index contributed by atoms with van der Waals surface area (Å²) in [6.07, 6.45) is 1.86. The third-order valence-corrected chi connectivity index (χ3v) is 10.9. The van der Waals surface area contributed by atoms with Gasteiger partial charge in [-0.2, -0.15) is 0 Å². The van der Waals surface area contributed by atoms with Gasteiger partial charge in [0.1, 0.15) is 5.82 Å². The van der Waals surface area contributed by atoms with Gasteiger partial charge in [0.25, 0.3) is 0 Å². The summed E-state index contributed by atoms with van der Waals surface area (Å²) in [4.78, 5) is 10.3. The number of fused-ring (bicyclic) bond motifs is 15. The summed E-state index contributed by atoms with van der Waals surface area (Å²) in [5.74, 6) is 0.892. The number of para-hydroxylation sites is 3. The average Bonchev–Trinajstić information content (AvgIpc) is 3.75. The second kappa shape index (κ2) is 9.42. The zero-order valence-corrected chi connectivity index (χ0v) is 27.1. The first-order valence-corrected chi connectivity index (χ1v) is 16.9. The lowest BCUT2D eigenvalue weighted by atomic mass is 9.80. The number of hydrogen-bond donors (Lipinski definition) is 0. The van der Waals surface area contributed by atoms with Crippen LogP contribution in [0.2, 0.25) is 0 Å². The molecule has 0 N–H and O–H groups in total. The molecule has 6 aromatic carbocycles. The SMILES string of the molecule is CC1(C)c2ccccc2-c2c1c1c3ccccc3n(-c3ccccc3)c1c1c3ccccc3n(-c3ccc4ccc5cccnc5c4n3)c21. The highest BCUT2D eigenvalue weighted by molar-refractivity contribution is 6.31. The lowest BCUT2D eigenvalue weighted by molar-refractivity contribution is 0.667. The molecule has 0 unspecified atom stereocenters. The van der Waals surface area contributed by atoms with Crippen LogP contribution in [0.1, 0.15) is 25.0 Å². The lowest BCUT2D eigenvalue weighted by Crippen LogP contribution is -2.15. The zero-order chi connectivity index (χ0) is 32.4. The number of benzene rings is 6. The van der Waals surface area contributed by atoms with Crippen molar-refractivity contribution in [3.63, 3.8) is 0 Å². The normalized spacial score (nSPS) is 13.7. The van der Waals surface area contributed by atoms with Crippen molar-refractivity contribution in [3.05, 3.63) is 157 Å². The van der Waals surface area contributed by atoms with E-state index >= 15 is 0 Å². The molecule has 4 aromatic heterocycles. The molecule has 49 heavy (non-hydrogen) atoms. The molecule has 4 nitrogen and oxygen atoms in total. The maximum absolute atomic E-state index is 5.46. The minimum atomic E-state index is -0.234. The summed E-state index contributed by atoms with van der Waals surface area (Å²) in [6, 6.07) is 50.4. The second-order valence-corrected chi connectivity index (χ2v) is 13.8. The minimum absolute atomic E-state index is 0.234. The van der Waals surface area contributed by atoms with E-state index in [1.165, 1.54) is 60.3 Å². The molecule has 0 spiro atoms. The molecule has 0 aliphatic heterocycles. The zero-order valence-electron chi connectivity index (χ0n) is 27.1. The van der Waals surface area contributed by atoms with Gasteiger partial charge in [-0.1, -0.05) is 111 Å². The van der Waals surface area contributed by atoms with Crippen molar-refractivity contribution in [1.29, 1.82) is 0 Å². The molecule has 4 heterocycles. The molecule has 10 aromatic rings. The number of rotatable bonds is 2. The Labute approximate surface area is 282 Å². The van der Waals surface area contributed by atoms with Gasteiger partial charge in [0.15, 0.2) is 0 Å². The highest BCUT2D eigenvalue weighted by Gasteiger charge is 2.41. The van der Waals surface area contributed by atoms with Crippen molar-refractivity contribution < 1.29 is 0 Å². The van der Waals surface area contributed by atoms with Crippen LogP contribution in [0.25, 0.3) is 88.0 Å². The summed E-state index contributed by atoms with van der Waals surface area (Å²) in [5, 5.41) is 7.23. The Morgan fingerprint density at radius 2 is 1.18 bits per heavy atom. The Balaban J connectivity index is 1.44. The van der Waals surface area contributed by atoms with E-state index in [-0.39, 0.29) is 5.41 Å². The molecule has 0 amide bonds. The first-order valence-electron chi connectivity index (χ1n) is 16.9. The molecule has 0 atom stereocenters. The van der Waals surface area contributed by atoms with Gasteiger partial charge in [-0.05, 0) is 59.2 Å². The topological polar surface area (TPSA) is 35.6 Å². The largest absolute Gasteiger partial charge is 0.309 e. The molecule has 4 heteroatoms. The highest BCUT2D eigenvalue weighted by atomic mass is 15.1. The van der Waals surface area contributed by atoms with Gasteiger partial charge in [0, 0.05) is 55.2 Å². The molecule has 0 radical (unpaired) electrons. The summed E-state index contributed by atoms with van der Waals surface area (Å²) in [5.41, 5.74) is 12.9. The van der Waals surface area contributed by atoms with Crippen molar-refractivity contribution in [2.75, 3.05) is 0 Å². The third kappa shape index (κ3) is 3.38. The predicted molar refractivity (Wildman–Crippen MR) is 203 cm³/mol. The Morgan fingerprint density at radius 1 is 0.531 bits per heavy atom. The van der Waals surface area contributed by atoms with Crippen LogP contribution in [0.15, 0.2) is 146 Å². The Morgan fingerprint density at radius 3 is 2.00 bits per heavy atom. The van der Waals surface area contributed by atoms with Crippen molar-refractivity contribution in [3.8, 4) is 22.6 Å². The maximum atomic E-state index is 5.46. The van der Waals surface area contributed by atoms with Crippen LogP contribution >= 0.6 is 0 Å². The van der Waals surface area contributed by atoms with E-state index in [0.717, 1.165) is 38.8 Å². The van der Waals surface area contributed by atoms with Crippen molar-refractivity contribution in [2.24, 2.45) is 0 Å². The highest BCUT2D eigenvalue weighted by Crippen LogP contribution is 2.58. The van der Waals surface area contributed by atoms with Crippen LogP contribution in [0, 0.1) is 0 Å². The van der Waals surface area contributed by atoms with E-state index in [1.807, 2.05) is 12.3 Å². The molecule has 0 fully saturated rings. The van der Waals surface area contributed by atoms with Crippen molar-refractivity contribution in [2.45, 2.75) is 19.3 Å². The molecule has 0 bridgehead atoms. The number of nitrogens with zero attached hydrogens (tertiary/aromatic N) is 4. The lowest BCUT2D eigenvalue weighted by Gasteiger charge is -2.23. The van der Waals surface area contributed by atoms with Crippen LogP contribution in [0.5, 0.6) is 0 Å². The number of aromatic nitrogens is 4. The van der Waals surface area contributed by atoms with Gasteiger partial charge in [-0.3, -0.25) is 9.55 Å². The average molecular weight is 627 g/mol. The van der Waals surface area contributed by atoms with Gasteiger partial charge in [0.2, 0.25) is 0 Å². The van der Waals surface area contributed by atoms with Gasteiger partial charge in [0.05, 0.1) is 33.1 Å². The molecular formula is C45H30N4. The second-order valence-electron chi connectivity index (χ2n) is 13.8. The first kappa shape index (κ1) is 26.8. The Kier molecular flexibility index (Phi) is 5.15. The summed E-state index contributed by atoms with van der Waals surface area (Å²) in [7, 11) is 0. The molecule has 1 aliphatic carbocycles. The fourth-order valence-corrected chi connectivity index (χ4v) is 8.88. The van der Waals surface area contributed by atoms with Gasteiger partial charge >= 0.3 is 0 Å². The van der Waals surface area contributed by atoms with Gasteiger partial charge < -0.3 is 4.57 Å². The van der Waals surface area contributed by atoms with Crippen LogP contribution < -0.4 is 0 Å². The van der Waals surface area contributed by atoms with Gasteiger partial charge in [-0.15, -0.1) is 0 Å². The summed E-state index contributed by atoms with van der Waals surface area (Å²) >= 11 is 0. The van der Waals surface area contributed by atoms with Crippen molar-refractivity contribution in [1.82, 2.24) is 19.1 Å². The smallest absolute Gasteiger partial charge is 0.138 e. The Bertz CT molecular complexity index is 3020. The fraction of sp³-hybridized carbons (Fsp3) is 0.0667. The third-order valence-electron chi connectivity index (χ3n) is 10.9. The standard InChI is InChI=1S/C45H30N4/c1-45(2)33-19-9-6-16-30(33)37-40(45)38-31-17-7-10-20-34(31)48(29-14-4-3-5-15-29)43(38)39-32-18-8-11-21-35(32)49(44(37)39)36-25-24-28-23-22-27-13-12-26-46-41(27)42(28)47-36/h3-26H,1-2H3. The predicted octanol–water partition coefficient (Wildman–Crippen LogP) is 11.3. The van der Waals surface area contributed by atoms with E-state index in [9.17, 15) is 0 Å². The molecule has 1 aliphatic rings. The number of hydrogen-bond acceptors (Lipinski definition) is 2. The van der Waals surface area contributed by atoms with Crippen LogP contribution in [0.3, 0.4) is 0 Å². The van der Waals surface area contributed by atoms with E-state index in [1.54, 1.807) is 0 Å². The van der Waals surface area contributed by atoms with E-state index in [0.29, 0.717) is 0 Å². The monoisotopic (exact) mass is 626 g/mol. The van der Waals surface area contributed by atoms with Crippen LogP contribution in [-0.2, 0) is 5.41 Å².